The number of unbranched alkanes of at least 4 members (excludes halogenated alkanes) is 5. The second kappa shape index (κ2) is 54.6. The lowest BCUT2D eigenvalue weighted by molar-refractivity contribution is -0.163. The van der Waals surface area contributed by atoms with E-state index in [1.807, 2.05) is 0 Å². The molecule has 5 nitrogen and oxygen atoms in total. The van der Waals surface area contributed by atoms with Crippen molar-refractivity contribution in [2.75, 3.05) is 19.8 Å². The average molecular weight is 905 g/mol. The van der Waals surface area contributed by atoms with Crippen molar-refractivity contribution in [2.24, 2.45) is 0 Å². The molecular weight excluding hydrogens is 813 g/mol. The number of rotatable bonds is 44. The van der Waals surface area contributed by atoms with Gasteiger partial charge in [-0.1, -0.05) is 191 Å². The third-order valence-corrected chi connectivity index (χ3v) is 9.73. The third kappa shape index (κ3) is 51.9. The molecule has 0 saturated carbocycles. The fourth-order valence-electron chi connectivity index (χ4n) is 6.03. The molecule has 0 spiro atoms. The van der Waals surface area contributed by atoms with E-state index in [-0.39, 0.29) is 25.2 Å². The Balaban J connectivity index is 4.56. The van der Waals surface area contributed by atoms with E-state index in [0.717, 1.165) is 141 Å². The van der Waals surface area contributed by atoms with E-state index in [1.54, 1.807) is 0 Å². The minimum Gasteiger partial charge on any atom is -0.462 e. The van der Waals surface area contributed by atoms with Crippen LogP contribution in [-0.4, -0.2) is 37.9 Å². The van der Waals surface area contributed by atoms with Crippen LogP contribution < -0.4 is 0 Å². The lowest BCUT2D eigenvalue weighted by Gasteiger charge is -2.18. The van der Waals surface area contributed by atoms with Crippen molar-refractivity contribution >= 4 is 11.9 Å². The quantitative estimate of drug-likeness (QED) is 0.0346. The molecule has 0 N–H and O–H groups in total. The van der Waals surface area contributed by atoms with Gasteiger partial charge in [0.25, 0.3) is 0 Å². The molecular formula is C61H92O5. The molecule has 5 heteroatoms. The molecule has 366 valence electrons. The fraction of sp³-hybridized carbons (Fsp3) is 0.508. The van der Waals surface area contributed by atoms with Gasteiger partial charge in [0.15, 0.2) is 6.10 Å². The normalized spacial score (nSPS) is 13.7. The Bertz CT molecular complexity index is 1540. The predicted octanol–water partition coefficient (Wildman–Crippen LogP) is 17.7. The summed E-state index contributed by atoms with van der Waals surface area (Å²) in [6.45, 7) is 7.21. The van der Waals surface area contributed by atoms with Crippen molar-refractivity contribution in [1.29, 1.82) is 0 Å². The predicted molar refractivity (Wildman–Crippen MR) is 287 cm³/mol. The van der Waals surface area contributed by atoms with Crippen LogP contribution in [0.2, 0.25) is 0 Å². The Morgan fingerprint density at radius 2 is 0.621 bits per heavy atom. The SMILES string of the molecule is CC/C=C\C/C=C\C/C=C\C/C=C\C/C=C\C/C=C\CCCOCC(COC(=O)CCCC/C=C\C/C=C\C/C=C\C/C=C\CC)OC(=O)CCCC/C=C\C/C=C\C/C=C\C/C=C\CC. The van der Waals surface area contributed by atoms with Crippen LogP contribution in [0.3, 0.4) is 0 Å². The molecule has 0 aliphatic carbocycles. The zero-order chi connectivity index (χ0) is 47.7. The molecule has 0 radical (unpaired) electrons. The van der Waals surface area contributed by atoms with Gasteiger partial charge in [-0.05, 0) is 141 Å². The molecule has 0 bridgehead atoms. The number of ether oxygens (including phenoxy) is 3. The largest absolute Gasteiger partial charge is 0.462 e. The number of esters is 2. The Labute approximate surface area is 405 Å². The highest BCUT2D eigenvalue weighted by Crippen LogP contribution is 2.09. The third-order valence-electron chi connectivity index (χ3n) is 9.73. The molecule has 0 amide bonds. The first-order chi connectivity index (χ1) is 32.6. The average Bonchev–Trinajstić information content (AvgIpc) is 3.32. The molecule has 0 saturated heterocycles. The van der Waals surface area contributed by atoms with Gasteiger partial charge < -0.3 is 14.2 Å². The lowest BCUT2D eigenvalue weighted by Crippen LogP contribution is -2.30. The van der Waals surface area contributed by atoms with Gasteiger partial charge in [0.2, 0.25) is 0 Å². The lowest BCUT2D eigenvalue weighted by atomic mass is 10.1. The summed E-state index contributed by atoms with van der Waals surface area (Å²) < 4.78 is 17.3. The summed E-state index contributed by atoms with van der Waals surface area (Å²) in [4.78, 5) is 25.4. The number of hydrogen-bond acceptors (Lipinski definition) is 5. The van der Waals surface area contributed by atoms with Gasteiger partial charge in [-0.2, -0.15) is 0 Å². The Hall–Kier alpha value is -4.74. The van der Waals surface area contributed by atoms with Crippen LogP contribution in [0.5, 0.6) is 0 Å². The molecule has 1 unspecified atom stereocenters. The minimum absolute atomic E-state index is 0.0105. The van der Waals surface area contributed by atoms with E-state index < -0.39 is 6.10 Å². The van der Waals surface area contributed by atoms with E-state index in [1.165, 1.54) is 0 Å². The van der Waals surface area contributed by atoms with Crippen molar-refractivity contribution in [1.82, 2.24) is 0 Å². The van der Waals surface area contributed by atoms with Crippen molar-refractivity contribution in [2.45, 2.75) is 181 Å². The second-order valence-electron chi connectivity index (χ2n) is 15.9. The van der Waals surface area contributed by atoms with Gasteiger partial charge in [0.1, 0.15) is 6.61 Å². The number of carbonyl (C=O) groups excluding carboxylic acids is 2. The topological polar surface area (TPSA) is 61.8 Å². The first-order valence-electron chi connectivity index (χ1n) is 25.7. The van der Waals surface area contributed by atoms with Crippen LogP contribution in [0, 0.1) is 0 Å². The summed E-state index contributed by atoms with van der Waals surface area (Å²) in [7, 11) is 0. The summed E-state index contributed by atoms with van der Waals surface area (Å²) in [5, 5.41) is 0. The smallest absolute Gasteiger partial charge is 0.306 e. The van der Waals surface area contributed by atoms with Crippen molar-refractivity contribution in [3.05, 3.63) is 170 Å². The van der Waals surface area contributed by atoms with Crippen LogP contribution in [0.15, 0.2) is 170 Å². The number of hydrogen-bond donors (Lipinski definition) is 0. The van der Waals surface area contributed by atoms with Crippen LogP contribution in [0.25, 0.3) is 0 Å². The van der Waals surface area contributed by atoms with E-state index in [0.29, 0.717) is 19.4 Å². The standard InChI is InChI=1S/C61H92O5/c1-4-7-10-13-16-19-22-25-28-29-30-31-32-35-38-41-44-47-50-53-56-64-57-59(66-61(63)55-52-49-46-43-40-37-34-27-24-21-18-15-12-9-6-3)58-65-60(62)54-51-48-45-42-39-36-33-26-23-20-17-14-11-8-5-2/h7-12,16-21,25-28,30-31,33-35,38-40,42-44,47,59H,4-6,13-15,22-24,29,32,36-37,41,45-46,48-58H2,1-3H3/b10-7-,11-8-,12-9-,19-16-,20-17-,21-18-,28-25-,31-30-,33-26-,34-27-,38-35-,42-39-,43-40-,47-44-. The first kappa shape index (κ1) is 61.3. The maximum Gasteiger partial charge on any atom is 0.306 e. The van der Waals surface area contributed by atoms with Crippen LogP contribution >= 0.6 is 0 Å². The van der Waals surface area contributed by atoms with Crippen molar-refractivity contribution < 1.29 is 23.8 Å². The summed E-state index contributed by atoms with van der Waals surface area (Å²) in [6.07, 6.45) is 82.4. The van der Waals surface area contributed by atoms with E-state index in [2.05, 4.69) is 191 Å². The minimum atomic E-state index is -0.619. The van der Waals surface area contributed by atoms with Crippen molar-refractivity contribution in [3.8, 4) is 0 Å². The monoisotopic (exact) mass is 905 g/mol. The molecule has 0 aromatic heterocycles. The Morgan fingerprint density at radius 3 is 0.955 bits per heavy atom. The highest BCUT2D eigenvalue weighted by molar-refractivity contribution is 5.70. The summed E-state index contributed by atoms with van der Waals surface area (Å²) in [5.74, 6) is -0.544. The molecule has 0 rings (SSSR count). The molecule has 0 heterocycles. The van der Waals surface area contributed by atoms with E-state index in [9.17, 15) is 9.59 Å². The van der Waals surface area contributed by atoms with Gasteiger partial charge in [0.05, 0.1) is 6.61 Å². The van der Waals surface area contributed by atoms with E-state index >= 15 is 0 Å². The summed E-state index contributed by atoms with van der Waals surface area (Å²) >= 11 is 0. The first-order valence-corrected chi connectivity index (χ1v) is 25.7. The molecule has 1 atom stereocenters. The zero-order valence-electron chi connectivity index (χ0n) is 41.9. The molecule has 0 aromatic rings. The van der Waals surface area contributed by atoms with E-state index in [4.69, 9.17) is 14.2 Å². The van der Waals surface area contributed by atoms with Gasteiger partial charge in [-0.15, -0.1) is 0 Å². The van der Waals surface area contributed by atoms with Crippen molar-refractivity contribution in [3.63, 3.8) is 0 Å². The second-order valence-corrected chi connectivity index (χ2v) is 15.9. The maximum atomic E-state index is 12.8. The van der Waals surface area contributed by atoms with Crippen LogP contribution in [0.1, 0.15) is 175 Å². The Morgan fingerprint density at radius 1 is 0.333 bits per heavy atom. The summed E-state index contributed by atoms with van der Waals surface area (Å²) in [6, 6.07) is 0. The number of carbonyl (C=O) groups is 2. The zero-order valence-corrected chi connectivity index (χ0v) is 41.9. The van der Waals surface area contributed by atoms with Gasteiger partial charge in [-0.3, -0.25) is 9.59 Å². The number of allylic oxidation sites excluding steroid dienone is 28. The van der Waals surface area contributed by atoms with Gasteiger partial charge in [0, 0.05) is 19.4 Å². The molecule has 0 fully saturated rings. The Kier molecular flexibility index (Phi) is 50.7. The van der Waals surface area contributed by atoms with Gasteiger partial charge in [-0.25, -0.2) is 0 Å². The molecule has 66 heavy (non-hydrogen) atoms. The fourth-order valence-corrected chi connectivity index (χ4v) is 6.03. The highest BCUT2D eigenvalue weighted by atomic mass is 16.6. The van der Waals surface area contributed by atoms with Crippen LogP contribution in [-0.2, 0) is 23.8 Å². The van der Waals surface area contributed by atoms with Crippen LogP contribution in [0.4, 0.5) is 0 Å². The summed E-state index contributed by atoms with van der Waals surface area (Å²) in [5.41, 5.74) is 0. The maximum absolute atomic E-state index is 12.8. The molecule has 0 aliphatic heterocycles. The molecule has 0 aromatic carbocycles. The van der Waals surface area contributed by atoms with Gasteiger partial charge >= 0.3 is 11.9 Å². The highest BCUT2D eigenvalue weighted by Gasteiger charge is 2.17. The molecule has 0 aliphatic rings.